The third-order valence-electron chi connectivity index (χ3n) is 3.52. The summed E-state index contributed by atoms with van der Waals surface area (Å²) in [5.74, 6) is -0.403. The number of pyridine rings is 1. The van der Waals surface area contributed by atoms with Crippen molar-refractivity contribution in [2.75, 3.05) is 6.54 Å². The Balaban J connectivity index is 2.08. The van der Waals surface area contributed by atoms with Gasteiger partial charge in [0.15, 0.2) is 0 Å². The molecule has 1 aliphatic heterocycles. The second kappa shape index (κ2) is 4.50. The van der Waals surface area contributed by atoms with E-state index in [-0.39, 0.29) is 0 Å². The van der Waals surface area contributed by atoms with Crippen LogP contribution >= 0.6 is 0 Å². The summed E-state index contributed by atoms with van der Waals surface area (Å²) >= 11 is 0. The number of fused-ring (bicyclic) bond motifs is 1. The van der Waals surface area contributed by atoms with Crippen LogP contribution in [-0.4, -0.2) is 11.5 Å². The van der Waals surface area contributed by atoms with Gasteiger partial charge in [0.05, 0.1) is 0 Å². The van der Waals surface area contributed by atoms with Crippen molar-refractivity contribution in [1.29, 1.82) is 0 Å². The van der Waals surface area contributed by atoms with Gasteiger partial charge in [0, 0.05) is 17.8 Å². The first kappa shape index (κ1) is 11.4. The Morgan fingerprint density at radius 1 is 1.33 bits per heavy atom. The highest BCUT2D eigenvalue weighted by molar-refractivity contribution is 5.65. The van der Waals surface area contributed by atoms with Crippen molar-refractivity contribution in [3.05, 3.63) is 53.6 Å². The molecule has 18 heavy (non-hydrogen) atoms. The van der Waals surface area contributed by atoms with Crippen LogP contribution in [0.1, 0.15) is 24.1 Å². The molecule has 0 bridgehead atoms. The van der Waals surface area contributed by atoms with E-state index < -0.39 is 5.95 Å². The summed E-state index contributed by atoms with van der Waals surface area (Å²) in [6.07, 6.45) is 2.47. The van der Waals surface area contributed by atoms with Crippen LogP contribution in [0, 0.1) is 5.95 Å². The number of aromatic nitrogens is 1. The summed E-state index contributed by atoms with van der Waals surface area (Å²) in [6, 6.07) is 10.1. The molecule has 1 unspecified atom stereocenters. The lowest BCUT2D eigenvalue weighted by molar-refractivity contribution is 0.541. The molecule has 2 nitrogen and oxygen atoms in total. The van der Waals surface area contributed by atoms with E-state index in [4.69, 9.17) is 0 Å². The molecular weight excluding hydrogens is 227 g/mol. The zero-order chi connectivity index (χ0) is 12.5. The van der Waals surface area contributed by atoms with E-state index in [9.17, 15) is 4.39 Å². The summed E-state index contributed by atoms with van der Waals surface area (Å²) in [4.78, 5) is 3.70. The quantitative estimate of drug-likeness (QED) is 0.777. The topological polar surface area (TPSA) is 24.9 Å². The summed E-state index contributed by atoms with van der Waals surface area (Å²) in [5, 5.41) is 3.42. The maximum absolute atomic E-state index is 13.7. The maximum atomic E-state index is 13.7. The molecule has 1 aromatic carbocycles. The van der Waals surface area contributed by atoms with Crippen molar-refractivity contribution in [2.24, 2.45) is 0 Å². The van der Waals surface area contributed by atoms with Crippen molar-refractivity contribution in [3.63, 3.8) is 0 Å². The van der Waals surface area contributed by atoms with E-state index in [1.807, 2.05) is 6.07 Å². The monoisotopic (exact) mass is 242 g/mol. The van der Waals surface area contributed by atoms with Crippen molar-refractivity contribution >= 4 is 0 Å². The average Bonchev–Trinajstić information content (AvgIpc) is 2.39. The van der Waals surface area contributed by atoms with Gasteiger partial charge in [0.1, 0.15) is 0 Å². The number of hydrogen-bond acceptors (Lipinski definition) is 2. The third-order valence-corrected chi connectivity index (χ3v) is 3.52. The van der Waals surface area contributed by atoms with Crippen LogP contribution in [0.25, 0.3) is 11.1 Å². The summed E-state index contributed by atoms with van der Waals surface area (Å²) in [5.41, 5.74) is 4.11. The van der Waals surface area contributed by atoms with E-state index in [0.717, 1.165) is 18.5 Å². The van der Waals surface area contributed by atoms with Gasteiger partial charge < -0.3 is 5.32 Å². The molecule has 1 aromatic heterocycles. The summed E-state index contributed by atoms with van der Waals surface area (Å²) in [7, 11) is 0. The van der Waals surface area contributed by atoms with E-state index >= 15 is 0 Å². The van der Waals surface area contributed by atoms with E-state index in [2.05, 4.69) is 29.4 Å². The predicted molar refractivity (Wildman–Crippen MR) is 69.8 cm³/mol. The minimum absolute atomic E-state index is 0.376. The Bertz CT molecular complexity index is 580. The van der Waals surface area contributed by atoms with Gasteiger partial charge in [-0.05, 0) is 48.7 Å². The molecular formula is C15H15FN2. The first-order chi connectivity index (χ1) is 8.75. The van der Waals surface area contributed by atoms with Crippen LogP contribution in [0.4, 0.5) is 4.39 Å². The van der Waals surface area contributed by atoms with Gasteiger partial charge in [-0.1, -0.05) is 18.2 Å². The largest absolute Gasteiger partial charge is 0.310 e. The van der Waals surface area contributed by atoms with E-state index in [1.54, 1.807) is 12.1 Å². The second-order valence-electron chi connectivity index (χ2n) is 4.68. The highest BCUT2D eigenvalue weighted by atomic mass is 19.1. The number of halogens is 1. The molecule has 92 valence electrons. The van der Waals surface area contributed by atoms with Crippen LogP contribution in [0.15, 0.2) is 36.5 Å². The van der Waals surface area contributed by atoms with E-state index in [1.165, 1.54) is 17.3 Å². The predicted octanol–water partition coefficient (Wildman–Crippen LogP) is 3.09. The van der Waals surface area contributed by atoms with Crippen LogP contribution in [-0.2, 0) is 6.42 Å². The lowest BCUT2D eigenvalue weighted by atomic mass is 9.92. The zero-order valence-electron chi connectivity index (χ0n) is 10.3. The molecule has 0 aliphatic carbocycles. The second-order valence-corrected chi connectivity index (χ2v) is 4.68. The molecule has 2 heterocycles. The molecule has 0 spiro atoms. The Hall–Kier alpha value is -1.74. The van der Waals surface area contributed by atoms with Gasteiger partial charge in [-0.3, -0.25) is 0 Å². The molecule has 0 fully saturated rings. The molecule has 1 atom stereocenters. The number of nitrogens with zero attached hydrogens (tertiary/aromatic N) is 1. The SMILES string of the molecule is CC1NCCc2cc(-c3cccnc3F)ccc21. The lowest BCUT2D eigenvalue weighted by Gasteiger charge is -2.24. The van der Waals surface area contributed by atoms with E-state index in [0.29, 0.717) is 11.6 Å². The minimum Gasteiger partial charge on any atom is -0.310 e. The first-order valence-corrected chi connectivity index (χ1v) is 6.23. The maximum Gasteiger partial charge on any atom is 0.220 e. The zero-order valence-corrected chi connectivity index (χ0v) is 10.3. The first-order valence-electron chi connectivity index (χ1n) is 6.23. The summed E-state index contributed by atoms with van der Waals surface area (Å²) < 4.78 is 13.7. The fourth-order valence-corrected chi connectivity index (χ4v) is 2.55. The highest BCUT2D eigenvalue weighted by Gasteiger charge is 2.16. The third kappa shape index (κ3) is 1.91. The van der Waals surface area contributed by atoms with Gasteiger partial charge in [-0.15, -0.1) is 0 Å². The molecule has 1 N–H and O–H groups in total. The standard InChI is InChI=1S/C15H15FN2/c1-10-13-5-4-11(9-12(13)6-8-17-10)14-3-2-7-18-15(14)16/h2-5,7,9-10,17H,6,8H2,1H3. The number of benzene rings is 1. The molecule has 0 amide bonds. The van der Waals surface area contributed by atoms with Crippen molar-refractivity contribution in [1.82, 2.24) is 10.3 Å². The Kier molecular flexibility index (Phi) is 2.84. The molecule has 3 heteroatoms. The van der Waals surface area contributed by atoms with Gasteiger partial charge >= 0.3 is 0 Å². The van der Waals surface area contributed by atoms with Crippen molar-refractivity contribution in [2.45, 2.75) is 19.4 Å². The molecule has 1 aliphatic rings. The van der Waals surface area contributed by atoms with Crippen molar-refractivity contribution in [3.8, 4) is 11.1 Å². The Morgan fingerprint density at radius 3 is 3.06 bits per heavy atom. The number of rotatable bonds is 1. The van der Waals surface area contributed by atoms with Crippen LogP contribution < -0.4 is 5.32 Å². The summed E-state index contributed by atoms with van der Waals surface area (Å²) in [6.45, 7) is 3.13. The Morgan fingerprint density at radius 2 is 2.22 bits per heavy atom. The van der Waals surface area contributed by atoms with Gasteiger partial charge in [-0.25, -0.2) is 4.98 Å². The molecule has 0 saturated heterocycles. The molecule has 0 radical (unpaired) electrons. The normalized spacial score (nSPS) is 18.4. The highest BCUT2D eigenvalue weighted by Crippen LogP contribution is 2.28. The van der Waals surface area contributed by atoms with Gasteiger partial charge in [-0.2, -0.15) is 4.39 Å². The van der Waals surface area contributed by atoms with Crippen LogP contribution in [0.5, 0.6) is 0 Å². The van der Waals surface area contributed by atoms with Gasteiger partial charge in [0.2, 0.25) is 5.95 Å². The Labute approximate surface area is 106 Å². The molecule has 3 rings (SSSR count). The minimum atomic E-state index is -0.403. The van der Waals surface area contributed by atoms with Crippen LogP contribution in [0.2, 0.25) is 0 Å². The lowest BCUT2D eigenvalue weighted by Crippen LogP contribution is -2.27. The number of hydrogen-bond donors (Lipinski definition) is 1. The number of nitrogens with one attached hydrogen (secondary N) is 1. The fourth-order valence-electron chi connectivity index (χ4n) is 2.55. The van der Waals surface area contributed by atoms with Crippen molar-refractivity contribution < 1.29 is 4.39 Å². The van der Waals surface area contributed by atoms with Crippen LogP contribution in [0.3, 0.4) is 0 Å². The smallest absolute Gasteiger partial charge is 0.220 e. The fraction of sp³-hybridized carbons (Fsp3) is 0.267. The molecule has 2 aromatic rings. The van der Waals surface area contributed by atoms with Gasteiger partial charge in [0.25, 0.3) is 0 Å². The molecule has 0 saturated carbocycles. The average molecular weight is 242 g/mol.